The van der Waals surface area contributed by atoms with Crippen molar-refractivity contribution in [2.45, 2.75) is 51.1 Å². The number of anilines is 1. The van der Waals surface area contributed by atoms with Crippen molar-refractivity contribution in [1.82, 2.24) is 10.2 Å². The van der Waals surface area contributed by atoms with Gasteiger partial charge in [-0.05, 0) is 61.2 Å². The average Bonchev–Trinajstić information content (AvgIpc) is 2.95. The van der Waals surface area contributed by atoms with Gasteiger partial charge in [-0.3, -0.25) is 13.9 Å². The van der Waals surface area contributed by atoms with Crippen molar-refractivity contribution < 1.29 is 22.7 Å². The van der Waals surface area contributed by atoms with Crippen molar-refractivity contribution >= 4 is 27.5 Å². The van der Waals surface area contributed by atoms with E-state index in [-0.39, 0.29) is 17.3 Å². The Hall–Kier alpha value is -3.85. The maximum absolute atomic E-state index is 14.1. The second-order valence-electron chi connectivity index (χ2n) is 9.20. The number of nitrogens with zero attached hydrogens (tertiary/aromatic N) is 2. The van der Waals surface area contributed by atoms with Gasteiger partial charge in [0.15, 0.2) is 0 Å². The minimum Gasteiger partial charge on any atom is -0.497 e. The Morgan fingerprint density at radius 3 is 2.28 bits per heavy atom. The Kier molecular flexibility index (Phi) is 10.5. The third-order valence-corrected chi connectivity index (χ3v) is 8.19. The molecule has 0 bridgehead atoms. The monoisotopic (exact) mass is 551 g/mol. The number of nitrogens with one attached hydrogen (secondary N) is 1. The molecule has 0 saturated carbocycles. The Labute approximate surface area is 231 Å². The highest BCUT2D eigenvalue weighted by atomic mass is 32.2. The van der Waals surface area contributed by atoms with Crippen LogP contribution in [0.1, 0.15) is 37.8 Å². The average molecular weight is 552 g/mol. The largest absolute Gasteiger partial charge is 0.497 e. The molecule has 1 N–H and O–H groups in total. The molecule has 39 heavy (non-hydrogen) atoms. The second-order valence-corrected chi connectivity index (χ2v) is 11.1. The number of amides is 2. The number of sulfonamides is 1. The summed E-state index contributed by atoms with van der Waals surface area (Å²) in [5, 5.41) is 2.89. The van der Waals surface area contributed by atoms with Crippen LogP contribution < -0.4 is 14.4 Å². The summed E-state index contributed by atoms with van der Waals surface area (Å²) in [6.45, 7) is 5.71. The molecule has 0 saturated heterocycles. The number of methoxy groups -OCH3 is 1. The van der Waals surface area contributed by atoms with E-state index in [2.05, 4.69) is 5.32 Å². The third kappa shape index (κ3) is 7.38. The second kappa shape index (κ2) is 13.8. The lowest BCUT2D eigenvalue weighted by atomic mass is 10.1. The van der Waals surface area contributed by atoms with Gasteiger partial charge in [0.1, 0.15) is 18.3 Å². The summed E-state index contributed by atoms with van der Waals surface area (Å²) in [6, 6.07) is 21.5. The molecule has 0 heterocycles. The molecule has 3 rings (SSSR count). The van der Waals surface area contributed by atoms with Gasteiger partial charge in [0.25, 0.3) is 10.0 Å². The molecule has 9 heteroatoms. The first-order valence-electron chi connectivity index (χ1n) is 13.1. The Balaban J connectivity index is 2.06. The molecule has 8 nitrogen and oxygen atoms in total. The predicted molar refractivity (Wildman–Crippen MR) is 153 cm³/mol. The van der Waals surface area contributed by atoms with Crippen LogP contribution in [0, 0.1) is 6.92 Å². The number of benzene rings is 3. The lowest BCUT2D eigenvalue weighted by molar-refractivity contribution is -0.140. The van der Waals surface area contributed by atoms with Crippen LogP contribution in [0.25, 0.3) is 0 Å². The Morgan fingerprint density at radius 2 is 1.64 bits per heavy atom. The van der Waals surface area contributed by atoms with E-state index in [1.54, 1.807) is 62.6 Å². The zero-order valence-corrected chi connectivity index (χ0v) is 23.8. The molecule has 0 unspecified atom stereocenters. The number of ether oxygens (including phenoxy) is 1. The van der Waals surface area contributed by atoms with E-state index < -0.39 is 28.5 Å². The first-order valence-corrected chi connectivity index (χ1v) is 14.5. The SMILES string of the molecule is CCCNC(=O)[C@@H](CC)N(Cc1cccc(OC)c1)C(=O)CN(c1ccccc1C)S(=O)(=O)c1ccccc1. The smallest absolute Gasteiger partial charge is 0.264 e. The summed E-state index contributed by atoms with van der Waals surface area (Å²) in [4.78, 5) is 28.8. The molecule has 0 aromatic heterocycles. The van der Waals surface area contributed by atoms with E-state index >= 15 is 0 Å². The number of aryl methyl sites for hydroxylation is 1. The molecule has 2 amide bonds. The van der Waals surface area contributed by atoms with E-state index in [9.17, 15) is 18.0 Å². The van der Waals surface area contributed by atoms with Crippen LogP contribution in [-0.2, 0) is 26.2 Å². The van der Waals surface area contributed by atoms with Gasteiger partial charge in [0.05, 0.1) is 17.7 Å². The van der Waals surface area contributed by atoms with Crippen LogP contribution in [0.15, 0.2) is 83.8 Å². The van der Waals surface area contributed by atoms with Crippen LogP contribution in [-0.4, -0.2) is 51.4 Å². The van der Waals surface area contributed by atoms with Gasteiger partial charge < -0.3 is 15.0 Å². The first-order chi connectivity index (χ1) is 18.7. The third-order valence-electron chi connectivity index (χ3n) is 6.42. The lowest BCUT2D eigenvalue weighted by Gasteiger charge is -2.33. The van der Waals surface area contributed by atoms with Gasteiger partial charge in [-0.15, -0.1) is 0 Å². The normalized spacial score (nSPS) is 11.9. The minimum absolute atomic E-state index is 0.0770. The van der Waals surface area contributed by atoms with E-state index in [0.717, 1.165) is 16.3 Å². The van der Waals surface area contributed by atoms with Crippen LogP contribution in [0.3, 0.4) is 0 Å². The fourth-order valence-electron chi connectivity index (χ4n) is 4.33. The zero-order chi connectivity index (χ0) is 28.4. The molecule has 0 aliphatic heterocycles. The molecular weight excluding hydrogens is 514 g/mol. The molecular formula is C30H37N3O5S. The standard InChI is InChI=1S/C30H37N3O5S/c1-5-19-31-30(35)27(6-2)32(21-24-14-12-15-25(20-24)38-4)29(34)22-33(28-18-11-10-13-23(28)3)39(36,37)26-16-8-7-9-17-26/h7-18,20,27H,5-6,19,21-22H2,1-4H3,(H,31,35)/t27-/m1/s1. The molecule has 1 atom stereocenters. The van der Waals surface area contributed by atoms with Gasteiger partial charge in [-0.25, -0.2) is 8.42 Å². The van der Waals surface area contributed by atoms with Crippen molar-refractivity contribution in [3.8, 4) is 5.75 Å². The fraction of sp³-hybridized carbons (Fsp3) is 0.333. The Morgan fingerprint density at radius 1 is 0.949 bits per heavy atom. The number of rotatable bonds is 13. The summed E-state index contributed by atoms with van der Waals surface area (Å²) in [6.07, 6.45) is 1.11. The van der Waals surface area contributed by atoms with Gasteiger partial charge in [0.2, 0.25) is 11.8 Å². The van der Waals surface area contributed by atoms with Crippen LogP contribution in [0.5, 0.6) is 5.75 Å². The summed E-state index contributed by atoms with van der Waals surface area (Å²) in [5.74, 6) is -0.139. The highest BCUT2D eigenvalue weighted by molar-refractivity contribution is 7.92. The molecule has 208 valence electrons. The quantitative estimate of drug-likeness (QED) is 0.337. The number of hydrogen-bond acceptors (Lipinski definition) is 5. The molecule has 0 aliphatic rings. The molecule has 0 fully saturated rings. The highest BCUT2D eigenvalue weighted by Gasteiger charge is 2.34. The highest BCUT2D eigenvalue weighted by Crippen LogP contribution is 2.27. The van der Waals surface area contributed by atoms with Crippen molar-refractivity contribution in [3.63, 3.8) is 0 Å². The lowest BCUT2D eigenvalue weighted by Crippen LogP contribution is -2.52. The molecule has 0 radical (unpaired) electrons. The van der Waals surface area contributed by atoms with Crippen LogP contribution in [0.4, 0.5) is 5.69 Å². The summed E-state index contributed by atoms with van der Waals surface area (Å²) >= 11 is 0. The van der Waals surface area contributed by atoms with Crippen molar-refractivity contribution in [1.29, 1.82) is 0 Å². The van der Waals surface area contributed by atoms with E-state index in [4.69, 9.17) is 4.74 Å². The van der Waals surface area contributed by atoms with Crippen LogP contribution >= 0.6 is 0 Å². The van der Waals surface area contributed by atoms with Crippen molar-refractivity contribution in [3.05, 3.63) is 90.0 Å². The van der Waals surface area contributed by atoms with Gasteiger partial charge in [-0.1, -0.05) is 62.4 Å². The predicted octanol–water partition coefficient (Wildman–Crippen LogP) is 4.53. The van der Waals surface area contributed by atoms with Crippen LogP contribution in [0.2, 0.25) is 0 Å². The number of carbonyl (C=O) groups excluding carboxylic acids is 2. The summed E-state index contributed by atoms with van der Waals surface area (Å²) in [7, 11) is -2.53. The van der Waals surface area contributed by atoms with Gasteiger partial charge in [0, 0.05) is 13.1 Å². The molecule has 0 spiro atoms. The molecule has 3 aromatic carbocycles. The molecule has 0 aliphatic carbocycles. The number of carbonyl (C=O) groups is 2. The maximum atomic E-state index is 14.1. The van der Waals surface area contributed by atoms with Gasteiger partial charge in [-0.2, -0.15) is 0 Å². The van der Waals surface area contributed by atoms with Gasteiger partial charge >= 0.3 is 0 Å². The van der Waals surface area contributed by atoms with Crippen molar-refractivity contribution in [2.75, 3.05) is 24.5 Å². The van der Waals surface area contributed by atoms with E-state index in [1.165, 1.54) is 17.0 Å². The summed E-state index contributed by atoms with van der Waals surface area (Å²) < 4.78 is 34.2. The maximum Gasteiger partial charge on any atom is 0.264 e. The number of hydrogen-bond donors (Lipinski definition) is 1. The van der Waals surface area contributed by atoms with Crippen molar-refractivity contribution in [2.24, 2.45) is 0 Å². The summed E-state index contributed by atoms with van der Waals surface area (Å²) in [5.41, 5.74) is 1.87. The van der Waals surface area contributed by atoms with E-state index in [0.29, 0.717) is 30.0 Å². The number of para-hydroxylation sites is 1. The van der Waals surface area contributed by atoms with E-state index in [1.807, 2.05) is 32.0 Å². The minimum atomic E-state index is -4.09. The Bertz CT molecular complexity index is 1360. The first kappa shape index (κ1) is 29.7. The zero-order valence-electron chi connectivity index (χ0n) is 23.0. The fourth-order valence-corrected chi connectivity index (χ4v) is 5.83. The topological polar surface area (TPSA) is 96.0 Å². The molecule has 3 aromatic rings.